The van der Waals surface area contributed by atoms with Gasteiger partial charge in [0.25, 0.3) is 10.0 Å². The van der Waals surface area contributed by atoms with Crippen molar-refractivity contribution >= 4 is 21.8 Å². The van der Waals surface area contributed by atoms with Gasteiger partial charge in [-0.1, -0.05) is 19.9 Å². The number of pyridine rings is 1. The summed E-state index contributed by atoms with van der Waals surface area (Å²) < 4.78 is 27.2. The lowest BCUT2D eigenvalue weighted by molar-refractivity contribution is 0.573. The Morgan fingerprint density at radius 1 is 1.38 bits per heavy atom. The van der Waals surface area contributed by atoms with Gasteiger partial charge in [-0.25, -0.2) is 18.1 Å². The average molecular weight is 329 g/mol. The fraction of sp³-hybridized carbons (Fsp3) is 0.643. The molecule has 0 spiro atoms. The molecule has 0 aliphatic heterocycles. The quantitative estimate of drug-likeness (QED) is 0.760. The van der Waals surface area contributed by atoms with Crippen molar-refractivity contribution in [3.8, 4) is 0 Å². The second kappa shape index (κ2) is 6.64. The molecule has 0 unspecified atom stereocenters. The van der Waals surface area contributed by atoms with E-state index in [-0.39, 0.29) is 9.77 Å². The van der Waals surface area contributed by atoms with Gasteiger partial charge in [0.15, 0.2) is 5.03 Å². The van der Waals surface area contributed by atoms with Gasteiger partial charge in [-0.2, -0.15) is 11.8 Å². The molecule has 2 N–H and O–H groups in total. The highest BCUT2D eigenvalue weighted by atomic mass is 32.2. The van der Waals surface area contributed by atoms with E-state index >= 15 is 0 Å². The highest BCUT2D eigenvalue weighted by Crippen LogP contribution is 2.46. The fourth-order valence-electron chi connectivity index (χ4n) is 1.89. The lowest BCUT2D eigenvalue weighted by atomic mass is 10.2. The maximum absolute atomic E-state index is 12.2. The smallest absolute Gasteiger partial charge is 0.258 e. The van der Waals surface area contributed by atoms with Crippen LogP contribution in [0.3, 0.4) is 0 Å². The SMILES string of the molecule is CSC1(CNS(=O)(=O)c2ccc(CNC(C)C)cn2)CC1. The van der Waals surface area contributed by atoms with E-state index in [1.54, 1.807) is 30.1 Å². The highest BCUT2D eigenvalue weighted by Gasteiger charge is 2.42. The topological polar surface area (TPSA) is 71.1 Å². The van der Waals surface area contributed by atoms with Crippen LogP contribution in [0.2, 0.25) is 0 Å². The Balaban J connectivity index is 1.96. The van der Waals surface area contributed by atoms with Crippen LogP contribution in [0.25, 0.3) is 0 Å². The Bertz CT molecular complexity index is 566. The number of nitrogens with one attached hydrogen (secondary N) is 2. The van der Waals surface area contributed by atoms with Gasteiger partial charge >= 0.3 is 0 Å². The first-order valence-corrected chi connectivity index (χ1v) is 9.81. The van der Waals surface area contributed by atoms with E-state index in [1.165, 1.54) is 0 Å². The zero-order valence-corrected chi connectivity index (χ0v) is 14.4. The molecule has 0 amide bonds. The van der Waals surface area contributed by atoms with Gasteiger partial charge in [-0.3, -0.25) is 0 Å². The van der Waals surface area contributed by atoms with Gasteiger partial charge in [-0.15, -0.1) is 0 Å². The van der Waals surface area contributed by atoms with Gasteiger partial charge in [-0.05, 0) is 30.7 Å². The maximum atomic E-state index is 12.2. The van der Waals surface area contributed by atoms with Gasteiger partial charge in [0, 0.05) is 30.1 Å². The van der Waals surface area contributed by atoms with Crippen molar-refractivity contribution in [3.63, 3.8) is 0 Å². The van der Waals surface area contributed by atoms with Gasteiger partial charge in [0.1, 0.15) is 0 Å². The lowest BCUT2D eigenvalue weighted by Crippen LogP contribution is -2.32. The number of thioether (sulfide) groups is 1. The third-order valence-corrected chi connectivity index (χ3v) is 6.35. The summed E-state index contributed by atoms with van der Waals surface area (Å²) in [6.07, 6.45) is 5.79. The molecule has 1 aromatic heterocycles. The second-order valence-electron chi connectivity index (χ2n) is 5.75. The molecule has 1 heterocycles. The molecular formula is C14H23N3O2S2. The first-order chi connectivity index (χ1) is 9.87. The van der Waals surface area contributed by atoms with Crippen LogP contribution < -0.4 is 10.0 Å². The third-order valence-electron chi connectivity index (χ3n) is 3.61. The van der Waals surface area contributed by atoms with Crippen molar-refractivity contribution in [1.29, 1.82) is 0 Å². The summed E-state index contributed by atoms with van der Waals surface area (Å²) in [7, 11) is -3.51. The van der Waals surface area contributed by atoms with E-state index in [0.717, 1.165) is 18.4 Å². The van der Waals surface area contributed by atoms with Crippen molar-refractivity contribution in [3.05, 3.63) is 23.9 Å². The normalized spacial score (nSPS) is 17.1. The van der Waals surface area contributed by atoms with Crippen LogP contribution in [-0.2, 0) is 16.6 Å². The van der Waals surface area contributed by atoms with Gasteiger partial charge < -0.3 is 5.32 Å². The zero-order valence-electron chi connectivity index (χ0n) is 12.7. The third kappa shape index (κ3) is 4.67. The molecule has 1 aliphatic rings. The molecule has 2 rings (SSSR count). The molecule has 0 aromatic carbocycles. The van der Waals surface area contributed by atoms with E-state index in [2.05, 4.69) is 28.9 Å². The summed E-state index contributed by atoms with van der Waals surface area (Å²) >= 11 is 1.73. The lowest BCUT2D eigenvalue weighted by Gasteiger charge is -2.13. The zero-order chi connectivity index (χ0) is 15.5. The Hall–Kier alpha value is -0.630. The minimum Gasteiger partial charge on any atom is -0.310 e. The Morgan fingerprint density at radius 3 is 2.57 bits per heavy atom. The molecule has 0 saturated heterocycles. The van der Waals surface area contributed by atoms with Crippen LogP contribution in [0.5, 0.6) is 0 Å². The summed E-state index contributed by atoms with van der Waals surface area (Å²) in [5, 5.41) is 3.36. The van der Waals surface area contributed by atoms with E-state index in [1.807, 2.05) is 6.26 Å². The molecule has 21 heavy (non-hydrogen) atoms. The maximum Gasteiger partial charge on any atom is 0.258 e. The molecule has 1 aliphatic carbocycles. The van der Waals surface area contributed by atoms with Crippen molar-refractivity contribution < 1.29 is 8.42 Å². The molecule has 0 atom stereocenters. The van der Waals surface area contributed by atoms with E-state index in [4.69, 9.17) is 0 Å². The number of aromatic nitrogens is 1. The summed E-state index contributed by atoms with van der Waals surface area (Å²) in [6.45, 7) is 5.30. The summed E-state index contributed by atoms with van der Waals surface area (Å²) in [5.74, 6) is 0. The highest BCUT2D eigenvalue weighted by molar-refractivity contribution is 8.00. The van der Waals surface area contributed by atoms with E-state index < -0.39 is 10.0 Å². The van der Waals surface area contributed by atoms with Crippen LogP contribution in [0, 0.1) is 0 Å². The van der Waals surface area contributed by atoms with Crippen LogP contribution in [0.4, 0.5) is 0 Å². The molecule has 1 aromatic rings. The number of hydrogen-bond donors (Lipinski definition) is 2. The van der Waals surface area contributed by atoms with Crippen LogP contribution in [0.1, 0.15) is 32.3 Å². The molecular weight excluding hydrogens is 306 g/mol. The van der Waals surface area contributed by atoms with Crippen LogP contribution in [0.15, 0.2) is 23.4 Å². The summed E-state index contributed by atoms with van der Waals surface area (Å²) in [5.41, 5.74) is 0.977. The first kappa shape index (κ1) is 16.7. The Morgan fingerprint density at radius 2 is 2.10 bits per heavy atom. The van der Waals surface area contributed by atoms with Crippen molar-refractivity contribution in [1.82, 2.24) is 15.0 Å². The average Bonchev–Trinajstić information content (AvgIpc) is 3.24. The summed E-state index contributed by atoms with van der Waals surface area (Å²) in [6, 6.07) is 3.76. The molecule has 1 fully saturated rings. The predicted molar refractivity (Wildman–Crippen MR) is 86.9 cm³/mol. The van der Waals surface area contributed by atoms with Gasteiger partial charge in [0.05, 0.1) is 0 Å². The summed E-state index contributed by atoms with van der Waals surface area (Å²) in [4.78, 5) is 4.08. The van der Waals surface area contributed by atoms with Crippen LogP contribution in [-0.4, -0.2) is 37.0 Å². The number of hydrogen-bond acceptors (Lipinski definition) is 5. The van der Waals surface area contributed by atoms with E-state index in [9.17, 15) is 8.42 Å². The van der Waals surface area contributed by atoms with E-state index in [0.29, 0.717) is 19.1 Å². The predicted octanol–water partition coefficient (Wildman–Crippen LogP) is 1.75. The molecule has 0 radical (unpaired) electrons. The monoisotopic (exact) mass is 329 g/mol. The number of sulfonamides is 1. The molecule has 5 nitrogen and oxygen atoms in total. The second-order valence-corrected chi connectivity index (χ2v) is 8.74. The van der Waals surface area contributed by atoms with Gasteiger partial charge in [0.2, 0.25) is 0 Å². The van der Waals surface area contributed by atoms with Crippen molar-refractivity contribution in [2.24, 2.45) is 0 Å². The Labute approximate surface area is 131 Å². The molecule has 118 valence electrons. The van der Waals surface area contributed by atoms with Crippen molar-refractivity contribution in [2.45, 2.75) is 49.0 Å². The van der Waals surface area contributed by atoms with Crippen LogP contribution >= 0.6 is 11.8 Å². The standard InChI is InChI=1S/C14H23N3O2S2/c1-11(2)15-8-12-4-5-13(16-9-12)21(18,19)17-10-14(20-3)6-7-14/h4-5,9,11,15,17H,6-8,10H2,1-3H3. The first-order valence-electron chi connectivity index (χ1n) is 7.10. The minimum atomic E-state index is -3.51. The largest absolute Gasteiger partial charge is 0.310 e. The molecule has 7 heteroatoms. The molecule has 1 saturated carbocycles. The number of nitrogens with zero attached hydrogens (tertiary/aromatic N) is 1. The number of rotatable bonds is 8. The van der Waals surface area contributed by atoms with Crippen molar-refractivity contribution in [2.75, 3.05) is 12.8 Å². The minimum absolute atomic E-state index is 0.0905. The fourth-order valence-corrected chi connectivity index (χ4v) is 3.76. The molecule has 0 bridgehead atoms. The Kier molecular flexibility index (Phi) is 5.29.